The summed E-state index contributed by atoms with van der Waals surface area (Å²) in [4.78, 5) is 25.8. The van der Waals surface area contributed by atoms with Gasteiger partial charge in [-0.15, -0.1) is 0 Å². The van der Waals surface area contributed by atoms with Gasteiger partial charge in [-0.2, -0.15) is 0 Å². The third-order valence-electron chi connectivity index (χ3n) is 6.15. The SMILES string of the molecule is Cc1ccc2c(c1)c1c3n2CC[NH+](CC(=O)NNC(=O)C(C)(C)C)[C@H]3CCC1. The Hall–Kier alpha value is -2.34. The van der Waals surface area contributed by atoms with Crippen molar-refractivity contribution in [2.75, 3.05) is 13.1 Å². The third-order valence-corrected chi connectivity index (χ3v) is 6.15. The highest BCUT2D eigenvalue weighted by Crippen LogP contribution is 2.37. The zero-order chi connectivity index (χ0) is 20.1. The van der Waals surface area contributed by atoms with E-state index in [0.717, 1.165) is 32.4 Å². The lowest BCUT2D eigenvalue weighted by Gasteiger charge is -2.36. The lowest BCUT2D eigenvalue weighted by atomic mass is 9.89. The van der Waals surface area contributed by atoms with Crippen molar-refractivity contribution < 1.29 is 14.5 Å². The molecule has 2 heterocycles. The topological polar surface area (TPSA) is 67.6 Å². The predicted molar refractivity (Wildman–Crippen MR) is 109 cm³/mol. The number of carbonyl (C=O) groups excluding carboxylic acids is 2. The summed E-state index contributed by atoms with van der Waals surface area (Å²) in [6, 6.07) is 7.11. The third kappa shape index (κ3) is 3.30. The molecule has 0 saturated carbocycles. The molecule has 1 unspecified atom stereocenters. The summed E-state index contributed by atoms with van der Waals surface area (Å²) < 4.78 is 2.48. The summed E-state index contributed by atoms with van der Waals surface area (Å²) in [5, 5.41) is 1.39. The smallest absolute Gasteiger partial charge is 0.293 e. The summed E-state index contributed by atoms with van der Waals surface area (Å²) in [6.07, 6.45) is 3.40. The second-order valence-corrected chi connectivity index (χ2v) is 9.32. The molecule has 2 aliphatic rings. The molecule has 0 bridgehead atoms. The molecule has 0 spiro atoms. The molecular formula is C22H31N4O2+. The molecule has 28 heavy (non-hydrogen) atoms. The van der Waals surface area contributed by atoms with Crippen molar-refractivity contribution in [1.82, 2.24) is 15.4 Å². The van der Waals surface area contributed by atoms with Gasteiger partial charge >= 0.3 is 0 Å². The molecule has 2 atom stereocenters. The lowest BCUT2D eigenvalue weighted by Crippen LogP contribution is -3.15. The van der Waals surface area contributed by atoms with Crippen LogP contribution in [-0.2, 0) is 22.6 Å². The Morgan fingerprint density at radius 1 is 1.25 bits per heavy atom. The number of quaternary nitrogens is 1. The molecular weight excluding hydrogens is 352 g/mol. The lowest BCUT2D eigenvalue weighted by molar-refractivity contribution is -0.929. The average molecular weight is 384 g/mol. The Morgan fingerprint density at radius 3 is 2.79 bits per heavy atom. The van der Waals surface area contributed by atoms with Crippen molar-refractivity contribution in [1.29, 1.82) is 0 Å². The van der Waals surface area contributed by atoms with Gasteiger partial charge in [-0.3, -0.25) is 20.4 Å². The fourth-order valence-corrected chi connectivity index (χ4v) is 4.68. The summed E-state index contributed by atoms with van der Waals surface area (Å²) in [5.74, 6) is -0.301. The van der Waals surface area contributed by atoms with Crippen molar-refractivity contribution >= 4 is 22.7 Å². The zero-order valence-electron chi connectivity index (χ0n) is 17.3. The molecule has 0 saturated heterocycles. The molecule has 6 nitrogen and oxygen atoms in total. The van der Waals surface area contributed by atoms with Crippen LogP contribution >= 0.6 is 0 Å². The average Bonchev–Trinajstić information content (AvgIpc) is 2.96. The molecule has 0 fully saturated rings. The van der Waals surface area contributed by atoms with Crippen molar-refractivity contribution in [2.24, 2.45) is 5.41 Å². The number of benzene rings is 1. The standard InChI is InChI=1S/C22H30N4O2/c1-14-8-9-17-16(12-14)15-6-5-7-18-20(15)26(17)11-10-25(18)13-19(27)23-24-21(28)22(2,3)4/h8-9,12,18H,5-7,10-11,13H2,1-4H3,(H,23,27)(H,24,28)/p+1/t18-/m0/s1. The molecule has 1 aliphatic carbocycles. The zero-order valence-corrected chi connectivity index (χ0v) is 17.3. The van der Waals surface area contributed by atoms with E-state index in [0.29, 0.717) is 12.6 Å². The van der Waals surface area contributed by atoms with E-state index in [1.165, 1.54) is 32.6 Å². The van der Waals surface area contributed by atoms with E-state index in [2.05, 4.69) is 40.5 Å². The van der Waals surface area contributed by atoms with Crippen LogP contribution in [-0.4, -0.2) is 29.5 Å². The van der Waals surface area contributed by atoms with Gasteiger partial charge in [-0.05, 0) is 37.5 Å². The molecule has 1 aliphatic heterocycles. The van der Waals surface area contributed by atoms with Crippen LogP contribution in [0.2, 0.25) is 0 Å². The van der Waals surface area contributed by atoms with Crippen molar-refractivity contribution in [2.45, 2.75) is 59.5 Å². The first kappa shape index (κ1) is 19.0. The summed E-state index contributed by atoms with van der Waals surface area (Å²) in [7, 11) is 0. The highest BCUT2D eigenvalue weighted by molar-refractivity contribution is 5.87. The highest BCUT2D eigenvalue weighted by atomic mass is 16.2. The minimum atomic E-state index is -0.525. The first-order valence-corrected chi connectivity index (χ1v) is 10.3. The van der Waals surface area contributed by atoms with Gasteiger partial charge in [0.25, 0.3) is 5.91 Å². The van der Waals surface area contributed by atoms with Crippen LogP contribution in [0.1, 0.15) is 56.5 Å². The van der Waals surface area contributed by atoms with Gasteiger partial charge in [0.05, 0.1) is 18.8 Å². The van der Waals surface area contributed by atoms with E-state index in [1.54, 1.807) is 0 Å². The summed E-state index contributed by atoms with van der Waals surface area (Å²) in [5.41, 5.74) is 10.2. The molecule has 1 aromatic heterocycles. The molecule has 0 radical (unpaired) electrons. The second kappa shape index (κ2) is 6.92. The maximum absolute atomic E-state index is 12.5. The Morgan fingerprint density at radius 2 is 2.04 bits per heavy atom. The van der Waals surface area contributed by atoms with Crippen molar-refractivity contribution in [3.05, 3.63) is 35.0 Å². The highest BCUT2D eigenvalue weighted by Gasteiger charge is 2.38. The van der Waals surface area contributed by atoms with Gasteiger partial charge in [-0.1, -0.05) is 32.4 Å². The van der Waals surface area contributed by atoms with Crippen LogP contribution in [0, 0.1) is 12.3 Å². The largest absolute Gasteiger partial charge is 0.334 e. The number of hydrazine groups is 1. The van der Waals surface area contributed by atoms with Crippen LogP contribution in [0.4, 0.5) is 0 Å². The van der Waals surface area contributed by atoms with Gasteiger partial charge < -0.3 is 9.47 Å². The van der Waals surface area contributed by atoms with E-state index >= 15 is 0 Å². The number of fused-ring (bicyclic) bond motifs is 3. The maximum Gasteiger partial charge on any atom is 0.293 e. The van der Waals surface area contributed by atoms with Gasteiger partial charge in [0, 0.05) is 22.7 Å². The summed E-state index contributed by atoms with van der Waals surface area (Å²) in [6.45, 7) is 9.88. The Balaban J connectivity index is 1.53. The van der Waals surface area contributed by atoms with E-state index in [4.69, 9.17) is 0 Å². The first-order valence-electron chi connectivity index (χ1n) is 10.3. The van der Waals surface area contributed by atoms with E-state index in [9.17, 15) is 9.59 Å². The van der Waals surface area contributed by atoms with E-state index in [1.807, 2.05) is 20.8 Å². The van der Waals surface area contributed by atoms with Crippen molar-refractivity contribution in [3.63, 3.8) is 0 Å². The number of hydrogen-bond acceptors (Lipinski definition) is 2. The Bertz CT molecular complexity index is 938. The van der Waals surface area contributed by atoms with Crippen LogP contribution in [0.3, 0.4) is 0 Å². The summed E-state index contributed by atoms with van der Waals surface area (Å²) >= 11 is 0. The maximum atomic E-state index is 12.5. The second-order valence-electron chi connectivity index (χ2n) is 9.32. The molecule has 1 aromatic carbocycles. The Kier molecular flexibility index (Phi) is 4.70. The first-order chi connectivity index (χ1) is 13.3. The monoisotopic (exact) mass is 383 g/mol. The molecule has 6 heteroatoms. The number of carbonyl (C=O) groups is 2. The van der Waals surface area contributed by atoms with E-state index < -0.39 is 5.41 Å². The van der Waals surface area contributed by atoms with Crippen LogP contribution in [0.5, 0.6) is 0 Å². The number of aromatic nitrogens is 1. The molecule has 4 rings (SSSR count). The number of amides is 2. The number of aryl methyl sites for hydroxylation is 2. The van der Waals surface area contributed by atoms with Gasteiger partial charge in [0.2, 0.25) is 5.91 Å². The van der Waals surface area contributed by atoms with Gasteiger partial charge in [0.1, 0.15) is 6.04 Å². The number of nitrogens with one attached hydrogen (secondary N) is 3. The molecule has 3 N–H and O–H groups in total. The molecule has 2 amide bonds. The quantitative estimate of drug-likeness (QED) is 0.687. The van der Waals surface area contributed by atoms with Gasteiger partial charge in [0.15, 0.2) is 6.54 Å². The minimum absolute atomic E-state index is 0.125. The van der Waals surface area contributed by atoms with Gasteiger partial charge in [-0.25, -0.2) is 0 Å². The molecule has 150 valence electrons. The van der Waals surface area contributed by atoms with E-state index in [-0.39, 0.29) is 11.8 Å². The normalized spacial score (nSPS) is 21.3. The fraction of sp³-hybridized carbons (Fsp3) is 0.545. The van der Waals surface area contributed by atoms with Crippen LogP contribution < -0.4 is 15.8 Å². The minimum Gasteiger partial charge on any atom is -0.334 e. The number of hydrogen-bond donors (Lipinski definition) is 3. The fourth-order valence-electron chi connectivity index (χ4n) is 4.68. The van der Waals surface area contributed by atoms with Crippen molar-refractivity contribution in [3.8, 4) is 0 Å². The number of rotatable bonds is 2. The Labute approximate surface area is 166 Å². The van der Waals surface area contributed by atoms with Crippen LogP contribution in [0.25, 0.3) is 10.9 Å². The number of nitrogens with zero attached hydrogens (tertiary/aromatic N) is 1. The molecule has 2 aromatic rings. The van der Waals surface area contributed by atoms with Crippen LogP contribution in [0.15, 0.2) is 18.2 Å². The predicted octanol–water partition coefficient (Wildman–Crippen LogP) is 1.42.